The minimum absolute atomic E-state index is 0.00956. The topological polar surface area (TPSA) is 78.9 Å². The van der Waals surface area contributed by atoms with Crippen molar-refractivity contribution in [3.05, 3.63) is 29.8 Å². The van der Waals surface area contributed by atoms with E-state index >= 15 is 0 Å². The van der Waals surface area contributed by atoms with Gasteiger partial charge in [-0.1, -0.05) is 6.07 Å². The number of amides is 2. The van der Waals surface area contributed by atoms with E-state index in [0.29, 0.717) is 13.0 Å². The van der Waals surface area contributed by atoms with Crippen LogP contribution in [0.4, 0.5) is 23.7 Å². The van der Waals surface area contributed by atoms with Gasteiger partial charge in [0.25, 0.3) is 0 Å². The van der Waals surface area contributed by atoms with Crippen molar-refractivity contribution in [3.8, 4) is 0 Å². The van der Waals surface area contributed by atoms with Crippen LogP contribution in [0.15, 0.2) is 24.3 Å². The number of likely N-dealkylation sites (tertiary alicyclic amines) is 1. The molecule has 136 valence electrons. The molecule has 0 bridgehead atoms. The standard InChI is InChI=1S/C16H17F3N2O4/c17-16(18,19)10-2-1-3-12(6-10)20-14(24)21-7-11-4-5-25-9-15(11,8-21)13(22)23/h1-3,6,11H,4-5,7-9H2,(H,20,24)(H,22,23)/t11-,15+/m0/s1. The number of carbonyl (C=O) groups is 2. The molecule has 1 aromatic rings. The highest BCUT2D eigenvalue weighted by Crippen LogP contribution is 2.41. The first-order valence-electron chi connectivity index (χ1n) is 7.77. The van der Waals surface area contributed by atoms with Crippen molar-refractivity contribution in [1.29, 1.82) is 0 Å². The van der Waals surface area contributed by atoms with Gasteiger partial charge in [-0.25, -0.2) is 4.79 Å². The van der Waals surface area contributed by atoms with Gasteiger partial charge in [0.2, 0.25) is 0 Å². The Hall–Kier alpha value is -2.29. The summed E-state index contributed by atoms with van der Waals surface area (Å²) in [6, 6.07) is 3.70. The second kappa shape index (κ2) is 6.21. The predicted octanol–water partition coefficient (Wildman–Crippen LogP) is 2.66. The third kappa shape index (κ3) is 3.28. The second-order valence-corrected chi connectivity index (χ2v) is 6.39. The van der Waals surface area contributed by atoms with Crippen LogP contribution in [0.3, 0.4) is 0 Å². The first-order chi connectivity index (χ1) is 11.7. The fourth-order valence-corrected chi connectivity index (χ4v) is 3.42. The molecule has 2 fully saturated rings. The lowest BCUT2D eigenvalue weighted by Crippen LogP contribution is -2.46. The summed E-state index contributed by atoms with van der Waals surface area (Å²) < 4.78 is 43.5. The molecule has 1 aromatic carbocycles. The van der Waals surface area contributed by atoms with Crippen LogP contribution < -0.4 is 5.32 Å². The van der Waals surface area contributed by atoms with Gasteiger partial charge in [0.05, 0.1) is 12.2 Å². The van der Waals surface area contributed by atoms with Crippen molar-refractivity contribution in [3.63, 3.8) is 0 Å². The van der Waals surface area contributed by atoms with E-state index in [1.165, 1.54) is 17.0 Å². The molecule has 2 aliphatic rings. The van der Waals surface area contributed by atoms with E-state index in [2.05, 4.69) is 5.32 Å². The molecule has 6 nitrogen and oxygen atoms in total. The molecule has 0 spiro atoms. The number of alkyl halides is 3. The monoisotopic (exact) mass is 358 g/mol. The quantitative estimate of drug-likeness (QED) is 0.852. The van der Waals surface area contributed by atoms with Crippen LogP contribution in [0.1, 0.15) is 12.0 Å². The maximum absolute atomic E-state index is 12.7. The summed E-state index contributed by atoms with van der Waals surface area (Å²) >= 11 is 0. The highest BCUT2D eigenvalue weighted by molar-refractivity contribution is 5.90. The predicted molar refractivity (Wildman–Crippen MR) is 81.0 cm³/mol. The fraction of sp³-hybridized carbons (Fsp3) is 0.500. The largest absolute Gasteiger partial charge is 0.481 e. The number of benzene rings is 1. The number of aliphatic carboxylic acids is 1. The number of carbonyl (C=O) groups excluding carboxylic acids is 1. The molecule has 9 heteroatoms. The number of carboxylic acid groups (broad SMARTS) is 1. The number of carboxylic acids is 1. The molecule has 2 aliphatic heterocycles. The van der Waals surface area contributed by atoms with E-state index in [1.807, 2.05) is 0 Å². The number of fused-ring (bicyclic) bond motifs is 1. The van der Waals surface area contributed by atoms with Crippen molar-refractivity contribution in [1.82, 2.24) is 4.90 Å². The Morgan fingerprint density at radius 2 is 2.12 bits per heavy atom. The number of hydrogen-bond donors (Lipinski definition) is 2. The number of rotatable bonds is 2. The number of nitrogens with zero attached hydrogens (tertiary/aromatic N) is 1. The number of ether oxygens (including phenoxy) is 1. The summed E-state index contributed by atoms with van der Waals surface area (Å²) in [6.07, 6.45) is -3.98. The average Bonchev–Trinajstić information content (AvgIpc) is 2.95. The Labute approximate surface area is 141 Å². The van der Waals surface area contributed by atoms with Gasteiger partial charge in [0, 0.05) is 25.4 Å². The van der Waals surface area contributed by atoms with Gasteiger partial charge in [0.15, 0.2) is 0 Å². The lowest BCUT2D eigenvalue weighted by atomic mass is 9.76. The first kappa shape index (κ1) is 17.5. The van der Waals surface area contributed by atoms with Gasteiger partial charge >= 0.3 is 18.2 Å². The molecule has 2 amide bonds. The Bertz CT molecular complexity index is 694. The van der Waals surface area contributed by atoms with Gasteiger partial charge in [0.1, 0.15) is 5.41 Å². The highest BCUT2D eigenvalue weighted by atomic mass is 19.4. The second-order valence-electron chi connectivity index (χ2n) is 6.39. The molecule has 2 N–H and O–H groups in total. The van der Waals surface area contributed by atoms with Crippen molar-refractivity contribution in [2.75, 3.05) is 31.6 Å². The zero-order chi connectivity index (χ0) is 18.2. The van der Waals surface area contributed by atoms with Gasteiger partial charge < -0.3 is 20.1 Å². The molecule has 0 aromatic heterocycles. The lowest BCUT2D eigenvalue weighted by Gasteiger charge is -2.33. The van der Waals surface area contributed by atoms with Crippen LogP contribution >= 0.6 is 0 Å². The number of halogens is 3. The Balaban J connectivity index is 1.73. The SMILES string of the molecule is O=C(Nc1cccc(C(F)(F)F)c1)N1C[C@@H]2CCOC[C@]2(C(=O)O)C1. The van der Waals surface area contributed by atoms with Crippen LogP contribution in [-0.2, 0) is 15.7 Å². The smallest absolute Gasteiger partial charge is 0.416 e. The summed E-state index contributed by atoms with van der Waals surface area (Å²) in [5.41, 5.74) is -2.00. The minimum Gasteiger partial charge on any atom is -0.481 e. The molecule has 2 heterocycles. The minimum atomic E-state index is -4.51. The molecule has 2 atom stereocenters. The maximum atomic E-state index is 12.7. The summed E-state index contributed by atoms with van der Waals surface area (Å²) in [6.45, 7) is 0.668. The van der Waals surface area contributed by atoms with E-state index in [4.69, 9.17) is 4.74 Å². The number of hydrogen-bond acceptors (Lipinski definition) is 3. The molecular weight excluding hydrogens is 341 g/mol. The van der Waals surface area contributed by atoms with E-state index < -0.39 is 29.2 Å². The number of nitrogens with one attached hydrogen (secondary N) is 1. The normalized spacial score (nSPS) is 26.2. The summed E-state index contributed by atoms with van der Waals surface area (Å²) in [5, 5.41) is 12.0. The van der Waals surface area contributed by atoms with Crippen LogP contribution in [0, 0.1) is 11.3 Å². The third-order valence-electron chi connectivity index (χ3n) is 4.82. The van der Waals surface area contributed by atoms with E-state index in [-0.39, 0.29) is 31.3 Å². The van der Waals surface area contributed by atoms with Crippen molar-refractivity contribution in [2.24, 2.45) is 11.3 Å². The summed E-state index contributed by atoms with van der Waals surface area (Å²) in [4.78, 5) is 25.4. The van der Waals surface area contributed by atoms with E-state index in [1.54, 1.807) is 0 Å². The molecule has 0 unspecified atom stereocenters. The summed E-state index contributed by atoms with van der Waals surface area (Å²) in [7, 11) is 0. The van der Waals surface area contributed by atoms with E-state index in [0.717, 1.165) is 12.1 Å². The Morgan fingerprint density at radius 1 is 1.36 bits per heavy atom. The molecule has 0 aliphatic carbocycles. The maximum Gasteiger partial charge on any atom is 0.416 e. The molecule has 3 rings (SSSR count). The average molecular weight is 358 g/mol. The Morgan fingerprint density at radius 3 is 2.76 bits per heavy atom. The summed E-state index contributed by atoms with van der Waals surface area (Å²) in [5.74, 6) is -1.25. The number of urea groups is 1. The van der Waals surface area contributed by atoms with Crippen LogP contribution in [0.5, 0.6) is 0 Å². The zero-order valence-corrected chi connectivity index (χ0v) is 13.2. The highest BCUT2D eigenvalue weighted by Gasteiger charge is 2.55. The molecule has 25 heavy (non-hydrogen) atoms. The first-order valence-corrected chi connectivity index (χ1v) is 7.77. The Kier molecular flexibility index (Phi) is 4.36. The molecule has 2 saturated heterocycles. The molecular formula is C16H17F3N2O4. The van der Waals surface area contributed by atoms with Crippen LogP contribution in [0.25, 0.3) is 0 Å². The third-order valence-corrected chi connectivity index (χ3v) is 4.82. The zero-order valence-electron chi connectivity index (χ0n) is 13.2. The van der Waals surface area contributed by atoms with E-state index in [9.17, 15) is 27.9 Å². The van der Waals surface area contributed by atoms with Gasteiger partial charge in [-0.05, 0) is 30.5 Å². The van der Waals surface area contributed by atoms with Crippen LogP contribution in [-0.4, -0.2) is 48.3 Å². The van der Waals surface area contributed by atoms with Gasteiger partial charge in [-0.15, -0.1) is 0 Å². The van der Waals surface area contributed by atoms with Gasteiger partial charge in [-0.3, -0.25) is 4.79 Å². The van der Waals surface area contributed by atoms with Gasteiger partial charge in [-0.2, -0.15) is 13.2 Å². The fourth-order valence-electron chi connectivity index (χ4n) is 3.42. The van der Waals surface area contributed by atoms with Crippen molar-refractivity contribution in [2.45, 2.75) is 12.6 Å². The molecule has 0 saturated carbocycles. The van der Waals surface area contributed by atoms with Crippen molar-refractivity contribution < 1.29 is 32.6 Å². The lowest BCUT2D eigenvalue weighted by molar-refractivity contribution is -0.159. The van der Waals surface area contributed by atoms with Crippen LogP contribution in [0.2, 0.25) is 0 Å². The molecule has 0 radical (unpaired) electrons. The van der Waals surface area contributed by atoms with Crippen molar-refractivity contribution >= 4 is 17.7 Å². The number of anilines is 1.